The second-order valence-corrected chi connectivity index (χ2v) is 6.85. The molecular formula is C18H19F6N5O. The zero-order valence-corrected chi connectivity index (χ0v) is 15.9. The van der Waals surface area contributed by atoms with Crippen LogP contribution in [0.4, 0.5) is 32.2 Å². The quantitative estimate of drug-likeness (QED) is 0.348. The second-order valence-electron chi connectivity index (χ2n) is 6.85. The number of hydrogen-bond acceptors (Lipinski definition) is 4. The molecule has 1 aromatic heterocycles. The van der Waals surface area contributed by atoms with E-state index in [4.69, 9.17) is 10.1 Å². The van der Waals surface area contributed by atoms with Gasteiger partial charge in [-0.3, -0.25) is 5.41 Å². The van der Waals surface area contributed by atoms with E-state index in [9.17, 15) is 26.3 Å². The van der Waals surface area contributed by atoms with Crippen molar-refractivity contribution in [1.82, 2.24) is 15.3 Å². The summed E-state index contributed by atoms with van der Waals surface area (Å²) >= 11 is 0. The van der Waals surface area contributed by atoms with Crippen molar-refractivity contribution in [3.8, 4) is 5.75 Å². The maximum absolute atomic E-state index is 12.6. The van der Waals surface area contributed by atoms with Crippen LogP contribution in [0.1, 0.15) is 31.5 Å². The molecule has 0 bridgehead atoms. The molecule has 30 heavy (non-hydrogen) atoms. The molecule has 2 rings (SSSR count). The molecule has 1 aromatic carbocycles. The molecule has 164 valence electrons. The molecule has 2 aromatic rings. The lowest BCUT2D eigenvalue weighted by Gasteiger charge is -2.27. The van der Waals surface area contributed by atoms with Crippen LogP contribution in [-0.2, 0) is 12.4 Å². The van der Waals surface area contributed by atoms with E-state index >= 15 is 0 Å². The molecule has 0 spiro atoms. The van der Waals surface area contributed by atoms with Crippen LogP contribution in [0.25, 0.3) is 0 Å². The average molecular weight is 435 g/mol. The van der Waals surface area contributed by atoms with Gasteiger partial charge in [-0.1, -0.05) is 0 Å². The number of aromatic nitrogens is 2. The van der Waals surface area contributed by atoms with Gasteiger partial charge in [-0.25, -0.2) is 9.97 Å². The molecule has 1 heterocycles. The van der Waals surface area contributed by atoms with Crippen LogP contribution in [0.15, 0.2) is 36.7 Å². The Labute approximate surface area is 168 Å². The standard InChI is InChI=1S/C18H19F6N5O/c1-16(2,30-12-5-3-11(4-6-12)17(19,20)21)7-8-26-15(25)29-14-10-27-13(9-28-14)18(22,23)24/h3-6,9-10H,7-8H2,1-2H3,(H3,25,26,28,29). The summed E-state index contributed by atoms with van der Waals surface area (Å²) in [6.07, 6.45) is -7.25. The van der Waals surface area contributed by atoms with E-state index in [2.05, 4.69) is 20.6 Å². The Kier molecular flexibility index (Phi) is 6.78. The molecule has 6 nitrogen and oxygen atoms in total. The van der Waals surface area contributed by atoms with Gasteiger partial charge < -0.3 is 15.4 Å². The third-order valence-electron chi connectivity index (χ3n) is 3.80. The molecule has 3 N–H and O–H groups in total. The zero-order valence-electron chi connectivity index (χ0n) is 15.9. The zero-order chi connectivity index (χ0) is 22.6. The van der Waals surface area contributed by atoms with Crippen LogP contribution in [0.2, 0.25) is 0 Å². The highest BCUT2D eigenvalue weighted by Gasteiger charge is 2.33. The third kappa shape index (κ3) is 7.08. The number of benzene rings is 1. The molecule has 0 aliphatic rings. The van der Waals surface area contributed by atoms with Gasteiger partial charge in [-0.05, 0) is 38.1 Å². The summed E-state index contributed by atoms with van der Waals surface area (Å²) in [5.74, 6) is 0.0105. The van der Waals surface area contributed by atoms with Crippen LogP contribution in [0, 0.1) is 5.41 Å². The number of nitrogens with one attached hydrogen (secondary N) is 3. The fraction of sp³-hybridized carbons (Fsp3) is 0.389. The monoisotopic (exact) mass is 435 g/mol. The van der Waals surface area contributed by atoms with Crippen LogP contribution in [0.5, 0.6) is 5.75 Å². The molecule has 0 unspecified atom stereocenters. The highest BCUT2D eigenvalue weighted by atomic mass is 19.4. The minimum atomic E-state index is -4.60. The van der Waals surface area contributed by atoms with Crippen LogP contribution in [-0.4, -0.2) is 28.1 Å². The van der Waals surface area contributed by atoms with Gasteiger partial charge in [-0.2, -0.15) is 26.3 Å². The summed E-state index contributed by atoms with van der Waals surface area (Å²) in [7, 11) is 0. The van der Waals surface area contributed by atoms with Crippen molar-refractivity contribution in [2.75, 3.05) is 11.9 Å². The Hall–Kier alpha value is -3.05. The predicted molar refractivity (Wildman–Crippen MR) is 97.2 cm³/mol. The largest absolute Gasteiger partial charge is 0.488 e. The summed E-state index contributed by atoms with van der Waals surface area (Å²) in [5, 5.41) is 12.9. The minimum Gasteiger partial charge on any atom is -0.488 e. The van der Waals surface area contributed by atoms with Gasteiger partial charge in [0.1, 0.15) is 11.4 Å². The van der Waals surface area contributed by atoms with Crippen molar-refractivity contribution in [2.45, 2.75) is 38.2 Å². The average Bonchev–Trinajstić information content (AvgIpc) is 2.60. The first-order chi connectivity index (χ1) is 13.8. The van der Waals surface area contributed by atoms with Crippen LogP contribution >= 0.6 is 0 Å². The number of hydrogen-bond donors (Lipinski definition) is 3. The highest BCUT2D eigenvalue weighted by Crippen LogP contribution is 2.31. The van der Waals surface area contributed by atoms with Crippen molar-refractivity contribution >= 4 is 11.8 Å². The Morgan fingerprint density at radius 1 is 0.967 bits per heavy atom. The van der Waals surface area contributed by atoms with Gasteiger partial charge in [0.15, 0.2) is 17.5 Å². The van der Waals surface area contributed by atoms with Crippen molar-refractivity contribution in [3.63, 3.8) is 0 Å². The van der Waals surface area contributed by atoms with E-state index in [1.807, 2.05) is 0 Å². The number of anilines is 1. The Morgan fingerprint density at radius 2 is 1.60 bits per heavy atom. The molecule has 0 amide bonds. The van der Waals surface area contributed by atoms with E-state index in [1.165, 1.54) is 12.1 Å². The number of ether oxygens (including phenoxy) is 1. The first-order valence-electron chi connectivity index (χ1n) is 8.61. The Morgan fingerprint density at radius 3 is 2.10 bits per heavy atom. The van der Waals surface area contributed by atoms with Crippen molar-refractivity contribution in [1.29, 1.82) is 5.41 Å². The lowest BCUT2D eigenvalue weighted by atomic mass is 10.1. The van der Waals surface area contributed by atoms with E-state index in [1.54, 1.807) is 13.8 Å². The summed E-state index contributed by atoms with van der Waals surface area (Å²) in [6.45, 7) is 3.70. The molecule has 0 radical (unpaired) electrons. The lowest BCUT2D eigenvalue weighted by molar-refractivity contribution is -0.141. The summed E-state index contributed by atoms with van der Waals surface area (Å²) in [6, 6.07) is 4.30. The van der Waals surface area contributed by atoms with Gasteiger partial charge in [-0.15, -0.1) is 0 Å². The summed E-state index contributed by atoms with van der Waals surface area (Å²) in [4.78, 5) is 6.77. The second kappa shape index (κ2) is 8.76. The van der Waals surface area contributed by atoms with Crippen molar-refractivity contribution in [2.24, 2.45) is 0 Å². The molecular weight excluding hydrogens is 416 g/mol. The van der Waals surface area contributed by atoms with E-state index in [0.717, 1.165) is 18.3 Å². The topological polar surface area (TPSA) is 82.9 Å². The maximum atomic E-state index is 12.6. The number of nitrogens with zero attached hydrogens (tertiary/aromatic N) is 2. The highest BCUT2D eigenvalue weighted by molar-refractivity contribution is 5.89. The maximum Gasteiger partial charge on any atom is 0.434 e. The lowest BCUT2D eigenvalue weighted by Crippen LogP contribution is -2.37. The number of alkyl halides is 6. The molecule has 0 atom stereocenters. The SMILES string of the molecule is CC(C)(CCNC(=N)Nc1cnc(C(F)(F)F)cn1)Oc1ccc(C(F)(F)F)cc1. The Balaban J connectivity index is 1.81. The van der Waals surface area contributed by atoms with Crippen molar-refractivity contribution < 1.29 is 31.1 Å². The fourth-order valence-electron chi connectivity index (χ4n) is 2.28. The van der Waals surface area contributed by atoms with E-state index in [0.29, 0.717) is 12.6 Å². The van der Waals surface area contributed by atoms with Gasteiger partial charge >= 0.3 is 12.4 Å². The minimum absolute atomic E-state index is 0.0410. The number of guanidine groups is 1. The van der Waals surface area contributed by atoms with Crippen LogP contribution < -0.4 is 15.4 Å². The number of halogens is 6. The summed E-state index contributed by atoms with van der Waals surface area (Å²) in [5.41, 5.74) is -2.68. The Bertz CT molecular complexity index is 847. The molecule has 0 saturated heterocycles. The first-order valence-corrected chi connectivity index (χ1v) is 8.61. The molecule has 0 aliphatic heterocycles. The number of rotatable bonds is 6. The summed E-state index contributed by atoms with van der Waals surface area (Å²) < 4.78 is 80.8. The van der Waals surface area contributed by atoms with Gasteiger partial charge in [0.2, 0.25) is 0 Å². The fourth-order valence-corrected chi connectivity index (χ4v) is 2.28. The first kappa shape index (κ1) is 23.2. The van der Waals surface area contributed by atoms with Crippen molar-refractivity contribution in [3.05, 3.63) is 47.9 Å². The van der Waals surface area contributed by atoms with E-state index in [-0.39, 0.29) is 24.1 Å². The molecule has 12 heteroatoms. The van der Waals surface area contributed by atoms with Gasteiger partial charge in [0.25, 0.3) is 0 Å². The smallest absolute Gasteiger partial charge is 0.434 e. The van der Waals surface area contributed by atoms with Gasteiger partial charge in [0.05, 0.1) is 18.0 Å². The predicted octanol–water partition coefficient (Wildman–Crippen LogP) is 4.70. The third-order valence-corrected chi connectivity index (χ3v) is 3.80. The normalized spacial score (nSPS) is 12.4. The van der Waals surface area contributed by atoms with E-state index < -0.39 is 29.2 Å². The van der Waals surface area contributed by atoms with Crippen LogP contribution in [0.3, 0.4) is 0 Å². The molecule has 0 aliphatic carbocycles. The molecule has 0 fully saturated rings. The van der Waals surface area contributed by atoms with Gasteiger partial charge in [0, 0.05) is 13.0 Å². The molecule has 0 saturated carbocycles.